The number of aromatic nitrogens is 2. The topological polar surface area (TPSA) is 93.3 Å². The van der Waals surface area contributed by atoms with Crippen LogP contribution < -0.4 is 10.1 Å². The molecule has 3 aromatic rings. The van der Waals surface area contributed by atoms with Crippen molar-refractivity contribution in [3.05, 3.63) is 60.0 Å². The largest absolute Gasteiger partial charge is 0.494 e. The van der Waals surface area contributed by atoms with Crippen LogP contribution in [0.15, 0.2) is 48.8 Å². The van der Waals surface area contributed by atoms with Gasteiger partial charge in [0.25, 0.3) is 0 Å². The summed E-state index contributed by atoms with van der Waals surface area (Å²) < 4.78 is 10.3. The van der Waals surface area contributed by atoms with E-state index in [1.165, 1.54) is 7.11 Å². The van der Waals surface area contributed by atoms with E-state index in [2.05, 4.69) is 15.3 Å². The van der Waals surface area contributed by atoms with Crippen molar-refractivity contribution in [1.82, 2.24) is 9.97 Å². The van der Waals surface area contributed by atoms with Crippen molar-refractivity contribution >= 4 is 23.1 Å². The smallest absolute Gasteiger partial charge is 0.305 e. The quantitative estimate of drug-likeness (QED) is 0.547. The number of rotatable bonds is 7. The number of esters is 1. The molecule has 1 unspecified atom stereocenters. The first-order valence-corrected chi connectivity index (χ1v) is 10.3. The van der Waals surface area contributed by atoms with Gasteiger partial charge in [-0.1, -0.05) is 18.2 Å². The number of benzene rings is 1. The van der Waals surface area contributed by atoms with Gasteiger partial charge in [0, 0.05) is 36.0 Å². The van der Waals surface area contributed by atoms with E-state index < -0.39 is 0 Å². The first-order valence-electron chi connectivity index (χ1n) is 10.3. The molecule has 1 aliphatic carbocycles. The second-order valence-corrected chi connectivity index (χ2v) is 7.61. The average molecular weight is 419 g/mol. The van der Waals surface area contributed by atoms with Gasteiger partial charge in [-0.25, -0.2) is 0 Å². The lowest BCUT2D eigenvalue weighted by atomic mass is 9.83. The van der Waals surface area contributed by atoms with Crippen molar-refractivity contribution < 1.29 is 19.1 Å². The lowest BCUT2D eigenvalue weighted by Crippen LogP contribution is -2.21. The van der Waals surface area contributed by atoms with Crippen molar-refractivity contribution in [2.45, 2.75) is 25.7 Å². The number of nitrogens with zero attached hydrogens (tertiary/aromatic N) is 1. The Bertz CT molecular complexity index is 1090. The molecule has 2 N–H and O–H groups in total. The predicted molar refractivity (Wildman–Crippen MR) is 118 cm³/mol. The molecule has 0 saturated heterocycles. The Kier molecular flexibility index (Phi) is 6.02. The van der Waals surface area contributed by atoms with Crippen LogP contribution >= 0.6 is 0 Å². The number of fused-ring (bicyclic) bond motifs is 1. The van der Waals surface area contributed by atoms with Crippen LogP contribution in [-0.4, -0.2) is 35.9 Å². The molecule has 1 atom stereocenters. The molecule has 0 amide bonds. The van der Waals surface area contributed by atoms with Gasteiger partial charge in [0.15, 0.2) is 5.78 Å². The fourth-order valence-corrected chi connectivity index (χ4v) is 4.11. The number of aromatic amines is 1. The molecule has 1 aliphatic rings. The standard InChI is InChI=1S/C24H25N3O4/c1-30-20-14-25-11-10-17(20)23-24(26-16-6-4-3-5-7-16)22-18(27-23)12-15(13-19(22)28)8-9-21(29)31-2/h3-7,10-11,14-15,26-27H,8-9,12-13H2,1-2H3. The molecule has 0 aliphatic heterocycles. The molecule has 0 radical (unpaired) electrons. The number of pyridine rings is 1. The van der Waals surface area contributed by atoms with Crippen LogP contribution in [0.4, 0.5) is 11.4 Å². The number of H-pyrrole nitrogens is 1. The summed E-state index contributed by atoms with van der Waals surface area (Å²) in [5.74, 6) is 0.518. The Labute approximate surface area is 180 Å². The predicted octanol–water partition coefficient (Wildman–Crippen LogP) is 4.53. The van der Waals surface area contributed by atoms with Crippen LogP contribution in [0, 0.1) is 5.92 Å². The van der Waals surface area contributed by atoms with E-state index in [0.29, 0.717) is 37.0 Å². The Morgan fingerprint density at radius 1 is 1.19 bits per heavy atom. The van der Waals surface area contributed by atoms with E-state index in [1.807, 2.05) is 36.4 Å². The molecule has 31 heavy (non-hydrogen) atoms. The minimum atomic E-state index is -0.252. The number of Topliss-reactive ketones (excluding diaryl/α,β-unsaturated/α-hetero) is 1. The lowest BCUT2D eigenvalue weighted by molar-refractivity contribution is -0.140. The number of carbonyl (C=O) groups is 2. The molecule has 0 spiro atoms. The van der Waals surface area contributed by atoms with Crippen LogP contribution in [0.25, 0.3) is 11.3 Å². The van der Waals surface area contributed by atoms with E-state index in [4.69, 9.17) is 9.47 Å². The first-order chi connectivity index (χ1) is 15.1. The molecule has 160 valence electrons. The first kappa shape index (κ1) is 20.7. The Balaban J connectivity index is 1.75. The molecule has 0 saturated carbocycles. The van der Waals surface area contributed by atoms with E-state index >= 15 is 0 Å². The highest BCUT2D eigenvalue weighted by Gasteiger charge is 2.32. The Morgan fingerprint density at radius 3 is 2.74 bits per heavy atom. The van der Waals surface area contributed by atoms with Gasteiger partial charge in [0.05, 0.1) is 37.4 Å². The van der Waals surface area contributed by atoms with Crippen LogP contribution in [0.3, 0.4) is 0 Å². The van der Waals surface area contributed by atoms with Crippen molar-refractivity contribution in [1.29, 1.82) is 0 Å². The summed E-state index contributed by atoms with van der Waals surface area (Å²) in [6, 6.07) is 11.6. The van der Waals surface area contributed by atoms with E-state index in [1.54, 1.807) is 19.5 Å². The molecule has 0 bridgehead atoms. The maximum atomic E-state index is 13.2. The second kappa shape index (κ2) is 9.04. The number of ketones is 1. The molecular weight excluding hydrogens is 394 g/mol. The Hall–Kier alpha value is -3.61. The number of carbonyl (C=O) groups excluding carboxylic acids is 2. The highest BCUT2D eigenvalue weighted by atomic mass is 16.5. The van der Waals surface area contributed by atoms with Gasteiger partial charge in [0.2, 0.25) is 0 Å². The van der Waals surface area contributed by atoms with Crippen LogP contribution in [0.2, 0.25) is 0 Å². The monoisotopic (exact) mass is 419 g/mol. The van der Waals surface area contributed by atoms with Crippen LogP contribution in [0.5, 0.6) is 5.75 Å². The van der Waals surface area contributed by atoms with E-state index in [9.17, 15) is 9.59 Å². The van der Waals surface area contributed by atoms with E-state index in [-0.39, 0.29) is 17.7 Å². The van der Waals surface area contributed by atoms with Crippen molar-refractivity contribution in [3.63, 3.8) is 0 Å². The zero-order chi connectivity index (χ0) is 21.8. The minimum Gasteiger partial charge on any atom is -0.494 e. The number of ether oxygens (including phenoxy) is 2. The van der Waals surface area contributed by atoms with E-state index in [0.717, 1.165) is 28.3 Å². The molecular formula is C24H25N3O4. The summed E-state index contributed by atoms with van der Waals surface area (Å²) in [5, 5.41) is 3.43. The summed E-state index contributed by atoms with van der Waals surface area (Å²) in [4.78, 5) is 32.4. The van der Waals surface area contributed by atoms with Crippen LogP contribution in [0.1, 0.15) is 35.3 Å². The van der Waals surface area contributed by atoms with Crippen LogP contribution in [-0.2, 0) is 16.0 Å². The summed E-state index contributed by atoms with van der Waals surface area (Å²) in [5.41, 5.74) is 4.78. The van der Waals surface area contributed by atoms with Gasteiger partial charge >= 0.3 is 5.97 Å². The fraction of sp³-hybridized carbons (Fsp3) is 0.292. The normalized spacial score (nSPS) is 15.3. The third-order valence-electron chi connectivity index (χ3n) is 5.62. The third kappa shape index (κ3) is 4.30. The maximum Gasteiger partial charge on any atom is 0.305 e. The van der Waals surface area contributed by atoms with Gasteiger partial charge in [0.1, 0.15) is 5.75 Å². The number of nitrogens with one attached hydrogen (secondary N) is 2. The average Bonchev–Trinajstić information content (AvgIpc) is 3.16. The number of anilines is 2. The zero-order valence-corrected chi connectivity index (χ0v) is 17.6. The van der Waals surface area contributed by atoms with Gasteiger partial charge in [-0.05, 0) is 37.0 Å². The fourth-order valence-electron chi connectivity index (χ4n) is 4.11. The maximum absolute atomic E-state index is 13.2. The number of hydrogen-bond donors (Lipinski definition) is 2. The minimum absolute atomic E-state index is 0.0602. The van der Waals surface area contributed by atoms with Gasteiger partial charge in [-0.3, -0.25) is 14.6 Å². The second-order valence-electron chi connectivity index (χ2n) is 7.61. The number of methoxy groups -OCH3 is 2. The highest BCUT2D eigenvalue weighted by Crippen LogP contribution is 2.42. The number of para-hydroxylation sites is 1. The molecule has 0 fully saturated rings. The molecule has 7 nitrogen and oxygen atoms in total. The summed E-state index contributed by atoms with van der Waals surface area (Å²) in [6.45, 7) is 0. The zero-order valence-electron chi connectivity index (χ0n) is 17.6. The summed E-state index contributed by atoms with van der Waals surface area (Å²) in [6.07, 6.45) is 5.37. The molecule has 2 heterocycles. The highest BCUT2D eigenvalue weighted by molar-refractivity contribution is 6.07. The number of hydrogen-bond acceptors (Lipinski definition) is 6. The molecule has 2 aromatic heterocycles. The summed E-state index contributed by atoms with van der Waals surface area (Å²) in [7, 11) is 2.98. The molecule has 4 rings (SSSR count). The van der Waals surface area contributed by atoms with Gasteiger partial charge in [-0.2, -0.15) is 0 Å². The lowest BCUT2D eigenvalue weighted by Gasteiger charge is -2.21. The Morgan fingerprint density at radius 2 is 2.00 bits per heavy atom. The summed E-state index contributed by atoms with van der Waals surface area (Å²) >= 11 is 0. The van der Waals surface area contributed by atoms with Gasteiger partial charge in [-0.15, -0.1) is 0 Å². The third-order valence-corrected chi connectivity index (χ3v) is 5.62. The molecule has 1 aromatic carbocycles. The van der Waals surface area contributed by atoms with Crippen molar-refractivity contribution in [3.8, 4) is 17.0 Å². The van der Waals surface area contributed by atoms with Gasteiger partial charge < -0.3 is 19.8 Å². The molecule has 7 heteroatoms. The SMILES string of the molecule is COC(=O)CCC1CC(=O)c2c([nH]c(-c3ccncc3OC)c2Nc2ccccc2)C1. The van der Waals surface area contributed by atoms with Crippen molar-refractivity contribution in [2.75, 3.05) is 19.5 Å². The van der Waals surface area contributed by atoms with Crippen molar-refractivity contribution in [2.24, 2.45) is 5.92 Å².